The minimum atomic E-state index is -3.87. The Bertz CT molecular complexity index is 827. The Balaban J connectivity index is 2.04. The number of nitrogens with one attached hydrogen (secondary N) is 1. The van der Waals surface area contributed by atoms with Gasteiger partial charge in [0.25, 0.3) is 0 Å². The van der Waals surface area contributed by atoms with Crippen molar-refractivity contribution in [1.29, 1.82) is 0 Å². The number of methoxy groups -OCH3 is 2. The highest BCUT2D eigenvalue weighted by Crippen LogP contribution is 2.34. The van der Waals surface area contributed by atoms with E-state index in [0.29, 0.717) is 5.75 Å². The first-order chi connectivity index (χ1) is 11.9. The Kier molecular flexibility index (Phi) is 6.46. The smallest absolute Gasteiger partial charge is 0.244 e. The highest BCUT2D eigenvalue weighted by atomic mass is 35.5. The van der Waals surface area contributed by atoms with Gasteiger partial charge < -0.3 is 14.2 Å². The van der Waals surface area contributed by atoms with Gasteiger partial charge in [0, 0.05) is 18.7 Å². The molecular weight excluding hydrogens is 373 g/mol. The zero-order valence-corrected chi connectivity index (χ0v) is 15.2. The summed E-state index contributed by atoms with van der Waals surface area (Å²) in [6.07, 6.45) is 0. The van der Waals surface area contributed by atoms with Crippen molar-refractivity contribution in [2.45, 2.75) is 4.90 Å². The van der Waals surface area contributed by atoms with Gasteiger partial charge in [0.1, 0.15) is 34.6 Å². The maximum absolute atomic E-state index is 12.8. The van der Waals surface area contributed by atoms with E-state index in [4.69, 9.17) is 25.8 Å². The van der Waals surface area contributed by atoms with Crippen LogP contribution in [0.5, 0.6) is 17.2 Å². The summed E-state index contributed by atoms with van der Waals surface area (Å²) in [4.78, 5) is -0.0990. The molecule has 0 heterocycles. The van der Waals surface area contributed by atoms with Gasteiger partial charge >= 0.3 is 0 Å². The molecule has 0 saturated carbocycles. The molecule has 0 bridgehead atoms. The quantitative estimate of drug-likeness (QED) is 0.703. The van der Waals surface area contributed by atoms with Gasteiger partial charge in [-0.2, -0.15) is 0 Å². The number of sulfonamides is 1. The van der Waals surface area contributed by atoms with Crippen molar-refractivity contribution in [2.75, 3.05) is 27.4 Å². The van der Waals surface area contributed by atoms with Gasteiger partial charge in [0.05, 0.1) is 19.2 Å². The molecule has 0 spiro atoms. The molecule has 0 radical (unpaired) electrons. The monoisotopic (exact) mass is 389 g/mol. The zero-order valence-electron chi connectivity index (χ0n) is 13.6. The molecule has 0 aliphatic carbocycles. The topological polar surface area (TPSA) is 73.9 Å². The number of hydrogen-bond donors (Lipinski definition) is 1. The average molecular weight is 390 g/mol. The molecule has 9 heteroatoms. The molecule has 136 valence electrons. The summed E-state index contributed by atoms with van der Waals surface area (Å²) >= 11 is 5.97. The van der Waals surface area contributed by atoms with Crippen LogP contribution in [0, 0.1) is 5.82 Å². The van der Waals surface area contributed by atoms with Crippen molar-refractivity contribution in [3.05, 3.63) is 47.2 Å². The molecule has 0 unspecified atom stereocenters. The lowest BCUT2D eigenvalue weighted by Crippen LogP contribution is -2.28. The molecule has 0 aliphatic rings. The molecule has 0 fully saturated rings. The van der Waals surface area contributed by atoms with Crippen molar-refractivity contribution in [1.82, 2.24) is 4.72 Å². The van der Waals surface area contributed by atoms with Gasteiger partial charge in [-0.05, 0) is 24.3 Å². The van der Waals surface area contributed by atoms with E-state index < -0.39 is 10.0 Å². The fraction of sp³-hybridized carbons (Fsp3) is 0.250. The Morgan fingerprint density at radius 2 is 1.72 bits per heavy atom. The van der Waals surface area contributed by atoms with Crippen LogP contribution in [0.4, 0.5) is 4.39 Å². The summed E-state index contributed by atoms with van der Waals surface area (Å²) in [5, 5.41) is 0.234. The molecule has 2 aromatic rings. The maximum atomic E-state index is 12.8. The average Bonchev–Trinajstić information content (AvgIpc) is 2.59. The summed E-state index contributed by atoms with van der Waals surface area (Å²) in [6, 6.07) is 8.07. The third-order valence-electron chi connectivity index (χ3n) is 3.20. The summed E-state index contributed by atoms with van der Waals surface area (Å²) in [5.74, 6) is 0.367. The van der Waals surface area contributed by atoms with Gasteiger partial charge in [-0.25, -0.2) is 17.5 Å². The Morgan fingerprint density at radius 3 is 2.32 bits per heavy atom. The van der Waals surface area contributed by atoms with Crippen molar-refractivity contribution in [3.8, 4) is 17.2 Å². The van der Waals surface area contributed by atoms with Crippen LogP contribution in [0.15, 0.2) is 41.3 Å². The first kappa shape index (κ1) is 19.3. The lowest BCUT2D eigenvalue weighted by atomic mass is 10.3. The predicted molar refractivity (Wildman–Crippen MR) is 91.6 cm³/mol. The molecular formula is C16H17ClFNO5S. The molecule has 2 rings (SSSR count). The second-order valence-corrected chi connectivity index (χ2v) is 6.98. The van der Waals surface area contributed by atoms with Gasteiger partial charge in [0.15, 0.2) is 0 Å². The normalized spacial score (nSPS) is 11.2. The van der Waals surface area contributed by atoms with Crippen LogP contribution >= 0.6 is 11.6 Å². The Morgan fingerprint density at radius 1 is 1.08 bits per heavy atom. The van der Waals surface area contributed by atoms with E-state index in [1.54, 1.807) is 0 Å². The summed E-state index contributed by atoms with van der Waals surface area (Å²) in [6.45, 7) is 0.0751. The number of halogens is 2. The first-order valence-electron chi connectivity index (χ1n) is 7.17. The fourth-order valence-electron chi connectivity index (χ4n) is 2.00. The third-order valence-corrected chi connectivity index (χ3v) is 4.98. The van der Waals surface area contributed by atoms with E-state index in [1.165, 1.54) is 50.6 Å². The summed E-state index contributed by atoms with van der Waals surface area (Å²) in [5.41, 5.74) is 0. The van der Waals surface area contributed by atoms with Crippen LogP contribution in [0.1, 0.15) is 0 Å². The highest BCUT2D eigenvalue weighted by molar-refractivity contribution is 7.89. The van der Waals surface area contributed by atoms with E-state index in [2.05, 4.69) is 4.72 Å². The lowest BCUT2D eigenvalue weighted by molar-refractivity contribution is 0.322. The SMILES string of the molecule is COc1cc(S(=O)(=O)NCCOc2ccc(F)cc2)c(OC)cc1Cl. The maximum Gasteiger partial charge on any atom is 0.244 e. The second-order valence-electron chi connectivity index (χ2n) is 4.84. The molecule has 0 amide bonds. The van der Waals surface area contributed by atoms with Crippen LogP contribution < -0.4 is 18.9 Å². The van der Waals surface area contributed by atoms with E-state index in [-0.39, 0.29) is 40.4 Å². The number of ether oxygens (including phenoxy) is 3. The van der Waals surface area contributed by atoms with Crippen molar-refractivity contribution in [3.63, 3.8) is 0 Å². The van der Waals surface area contributed by atoms with Crippen LogP contribution in [0.2, 0.25) is 5.02 Å². The van der Waals surface area contributed by atoms with Gasteiger partial charge in [-0.15, -0.1) is 0 Å². The molecule has 0 aliphatic heterocycles. The van der Waals surface area contributed by atoms with E-state index in [0.717, 1.165) is 0 Å². The predicted octanol–water partition coefficient (Wildman–Crippen LogP) is 2.85. The van der Waals surface area contributed by atoms with Gasteiger partial charge in [-0.1, -0.05) is 11.6 Å². The van der Waals surface area contributed by atoms with Crippen molar-refractivity contribution < 1.29 is 27.0 Å². The van der Waals surface area contributed by atoms with Crippen molar-refractivity contribution >= 4 is 21.6 Å². The lowest BCUT2D eigenvalue weighted by Gasteiger charge is -2.13. The third kappa shape index (κ3) is 4.97. The zero-order chi connectivity index (χ0) is 18.4. The van der Waals surface area contributed by atoms with Crippen molar-refractivity contribution in [2.24, 2.45) is 0 Å². The Labute approximate surface area is 150 Å². The summed E-state index contributed by atoms with van der Waals surface area (Å²) < 4.78 is 55.6. The minimum absolute atomic E-state index is 0.00774. The Hall–Kier alpha value is -2.03. The number of hydrogen-bond acceptors (Lipinski definition) is 5. The van der Waals surface area contributed by atoms with Gasteiger partial charge in [-0.3, -0.25) is 0 Å². The largest absolute Gasteiger partial charge is 0.495 e. The molecule has 2 aromatic carbocycles. The molecule has 0 saturated heterocycles. The van der Waals surface area contributed by atoms with Crippen LogP contribution in [0.25, 0.3) is 0 Å². The molecule has 0 atom stereocenters. The number of rotatable bonds is 8. The van der Waals surface area contributed by atoms with Crippen LogP contribution in [-0.4, -0.2) is 35.8 Å². The second kappa shape index (κ2) is 8.37. The van der Waals surface area contributed by atoms with Crippen LogP contribution in [-0.2, 0) is 10.0 Å². The molecule has 0 aromatic heterocycles. The molecule has 1 N–H and O–H groups in total. The van der Waals surface area contributed by atoms with E-state index in [9.17, 15) is 12.8 Å². The van der Waals surface area contributed by atoms with E-state index in [1.807, 2.05) is 0 Å². The molecule has 25 heavy (non-hydrogen) atoms. The fourth-order valence-corrected chi connectivity index (χ4v) is 3.40. The minimum Gasteiger partial charge on any atom is -0.495 e. The highest BCUT2D eigenvalue weighted by Gasteiger charge is 2.22. The van der Waals surface area contributed by atoms with Gasteiger partial charge in [0.2, 0.25) is 10.0 Å². The standard InChI is InChI=1S/C16H17ClFNO5S/c1-22-14-10-16(15(23-2)9-13(14)17)25(20,21)19-7-8-24-12-5-3-11(18)4-6-12/h3-6,9-10,19H,7-8H2,1-2H3. The number of benzene rings is 2. The van der Waals surface area contributed by atoms with E-state index >= 15 is 0 Å². The van der Waals surface area contributed by atoms with Crippen LogP contribution in [0.3, 0.4) is 0 Å². The molecule has 6 nitrogen and oxygen atoms in total. The summed E-state index contributed by atoms with van der Waals surface area (Å²) in [7, 11) is -1.14. The first-order valence-corrected chi connectivity index (χ1v) is 9.03.